The summed E-state index contributed by atoms with van der Waals surface area (Å²) in [7, 11) is 0. The third-order valence-electron chi connectivity index (χ3n) is 2.95. The molecule has 96 valence electrons. The lowest BCUT2D eigenvalue weighted by atomic mass is 10.1. The van der Waals surface area contributed by atoms with Crippen LogP contribution < -0.4 is 5.32 Å². The van der Waals surface area contributed by atoms with Crippen LogP contribution in [0.15, 0.2) is 42.9 Å². The van der Waals surface area contributed by atoms with E-state index in [1.807, 2.05) is 30.5 Å². The van der Waals surface area contributed by atoms with Gasteiger partial charge in [-0.15, -0.1) is 0 Å². The number of halogens is 1. The smallest absolute Gasteiger partial charge is 0.142 e. The van der Waals surface area contributed by atoms with Gasteiger partial charge in [0.1, 0.15) is 17.8 Å². The van der Waals surface area contributed by atoms with Gasteiger partial charge in [-0.05, 0) is 30.2 Å². The number of H-pyrrole nitrogens is 1. The fourth-order valence-corrected chi connectivity index (χ4v) is 2.24. The SMILES string of the molecule is Clc1cccc(CCNc2ncnc3[nH]ccc23)c1. The van der Waals surface area contributed by atoms with Gasteiger partial charge in [-0.1, -0.05) is 23.7 Å². The summed E-state index contributed by atoms with van der Waals surface area (Å²) in [5.41, 5.74) is 2.06. The minimum atomic E-state index is 0.771. The van der Waals surface area contributed by atoms with Crippen LogP contribution in [0.1, 0.15) is 5.56 Å². The van der Waals surface area contributed by atoms with Crippen molar-refractivity contribution in [1.29, 1.82) is 0 Å². The second kappa shape index (κ2) is 5.28. The second-order valence-electron chi connectivity index (χ2n) is 4.27. The Kier molecular flexibility index (Phi) is 3.33. The predicted octanol–water partition coefficient (Wildman–Crippen LogP) is 3.27. The lowest BCUT2D eigenvalue weighted by molar-refractivity contribution is 1.01. The van der Waals surface area contributed by atoms with Gasteiger partial charge in [0, 0.05) is 17.8 Å². The molecule has 0 aliphatic rings. The number of nitrogens with one attached hydrogen (secondary N) is 2. The number of nitrogens with zero attached hydrogens (tertiary/aromatic N) is 2. The van der Waals surface area contributed by atoms with E-state index in [-0.39, 0.29) is 0 Å². The number of fused-ring (bicyclic) bond motifs is 1. The number of aromatic amines is 1. The first-order valence-electron chi connectivity index (χ1n) is 6.09. The van der Waals surface area contributed by atoms with E-state index in [1.165, 1.54) is 5.56 Å². The van der Waals surface area contributed by atoms with Crippen LogP contribution >= 0.6 is 11.6 Å². The molecule has 0 saturated heterocycles. The summed E-state index contributed by atoms with van der Waals surface area (Å²) in [6.07, 6.45) is 4.32. The molecule has 0 aliphatic heterocycles. The topological polar surface area (TPSA) is 53.6 Å². The molecule has 4 nitrogen and oxygen atoms in total. The molecule has 0 bridgehead atoms. The van der Waals surface area contributed by atoms with Gasteiger partial charge < -0.3 is 10.3 Å². The number of benzene rings is 1. The van der Waals surface area contributed by atoms with E-state index in [0.29, 0.717) is 0 Å². The first-order valence-corrected chi connectivity index (χ1v) is 6.47. The number of anilines is 1. The van der Waals surface area contributed by atoms with Gasteiger partial charge in [0.25, 0.3) is 0 Å². The first kappa shape index (κ1) is 12.0. The number of hydrogen-bond donors (Lipinski definition) is 2. The summed E-state index contributed by atoms with van der Waals surface area (Å²) in [4.78, 5) is 11.5. The van der Waals surface area contributed by atoms with Crippen molar-refractivity contribution in [2.75, 3.05) is 11.9 Å². The molecule has 1 aromatic carbocycles. The second-order valence-corrected chi connectivity index (χ2v) is 4.71. The van der Waals surface area contributed by atoms with E-state index in [4.69, 9.17) is 11.6 Å². The summed E-state index contributed by atoms with van der Waals surface area (Å²) < 4.78 is 0. The molecule has 0 unspecified atom stereocenters. The lowest BCUT2D eigenvalue weighted by Gasteiger charge is -2.06. The molecule has 3 rings (SSSR count). The van der Waals surface area contributed by atoms with Gasteiger partial charge in [-0.3, -0.25) is 0 Å². The van der Waals surface area contributed by atoms with E-state index in [1.54, 1.807) is 6.33 Å². The molecular formula is C14H13ClN4. The van der Waals surface area contributed by atoms with Crippen molar-refractivity contribution in [3.05, 3.63) is 53.4 Å². The minimum absolute atomic E-state index is 0.771. The molecule has 0 fully saturated rings. The molecule has 0 aliphatic carbocycles. The van der Waals surface area contributed by atoms with Gasteiger partial charge >= 0.3 is 0 Å². The molecule has 0 amide bonds. The Labute approximate surface area is 115 Å². The Morgan fingerprint density at radius 1 is 1.21 bits per heavy atom. The molecule has 5 heteroatoms. The van der Waals surface area contributed by atoms with Crippen LogP contribution in [0.2, 0.25) is 5.02 Å². The molecule has 0 radical (unpaired) electrons. The van der Waals surface area contributed by atoms with Crippen molar-refractivity contribution < 1.29 is 0 Å². The highest BCUT2D eigenvalue weighted by Crippen LogP contribution is 2.17. The third kappa shape index (κ3) is 2.69. The van der Waals surface area contributed by atoms with E-state index < -0.39 is 0 Å². The maximum absolute atomic E-state index is 5.96. The van der Waals surface area contributed by atoms with Crippen molar-refractivity contribution in [1.82, 2.24) is 15.0 Å². The van der Waals surface area contributed by atoms with E-state index in [2.05, 4.69) is 26.3 Å². The average Bonchev–Trinajstić information content (AvgIpc) is 2.88. The largest absolute Gasteiger partial charge is 0.369 e. The molecule has 2 N–H and O–H groups in total. The lowest BCUT2D eigenvalue weighted by Crippen LogP contribution is -2.06. The Morgan fingerprint density at radius 2 is 2.16 bits per heavy atom. The number of rotatable bonds is 4. The van der Waals surface area contributed by atoms with Crippen LogP contribution in [0.25, 0.3) is 11.0 Å². The third-order valence-corrected chi connectivity index (χ3v) is 3.18. The predicted molar refractivity (Wildman–Crippen MR) is 77.5 cm³/mol. The molecule has 0 atom stereocenters. The molecule has 0 saturated carbocycles. The van der Waals surface area contributed by atoms with Crippen LogP contribution in [0.4, 0.5) is 5.82 Å². The summed E-state index contributed by atoms with van der Waals surface area (Å²) in [6.45, 7) is 0.803. The monoisotopic (exact) mass is 272 g/mol. The first-order chi connectivity index (χ1) is 9.33. The van der Waals surface area contributed by atoms with Gasteiger partial charge in [0.05, 0.1) is 5.39 Å². The Morgan fingerprint density at radius 3 is 3.05 bits per heavy atom. The Bertz CT molecular complexity index is 692. The van der Waals surface area contributed by atoms with Crippen molar-refractivity contribution >= 4 is 28.5 Å². The Hall–Kier alpha value is -2.07. The maximum Gasteiger partial charge on any atom is 0.142 e. The zero-order valence-electron chi connectivity index (χ0n) is 10.2. The van der Waals surface area contributed by atoms with Crippen LogP contribution in [0.3, 0.4) is 0 Å². The van der Waals surface area contributed by atoms with Crippen LogP contribution in [0.5, 0.6) is 0 Å². The summed E-state index contributed by atoms with van der Waals surface area (Å²) in [5.74, 6) is 0.855. The van der Waals surface area contributed by atoms with E-state index in [9.17, 15) is 0 Å². The molecule has 2 heterocycles. The number of aromatic nitrogens is 3. The van der Waals surface area contributed by atoms with E-state index >= 15 is 0 Å². The molecule has 3 aromatic rings. The highest BCUT2D eigenvalue weighted by Gasteiger charge is 2.03. The zero-order valence-corrected chi connectivity index (χ0v) is 11.0. The van der Waals surface area contributed by atoms with Gasteiger partial charge in [-0.25, -0.2) is 9.97 Å². The zero-order chi connectivity index (χ0) is 13.1. The van der Waals surface area contributed by atoms with Crippen LogP contribution in [-0.4, -0.2) is 21.5 Å². The van der Waals surface area contributed by atoms with Crippen LogP contribution in [-0.2, 0) is 6.42 Å². The van der Waals surface area contributed by atoms with E-state index in [0.717, 1.165) is 34.8 Å². The van der Waals surface area contributed by atoms with Crippen molar-refractivity contribution in [3.8, 4) is 0 Å². The molecule has 2 aromatic heterocycles. The summed E-state index contributed by atoms with van der Waals surface area (Å²) in [5, 5.41) is 5.11. The molecule has 0 spiro atoms. The molecule has 19 heavy (non-hydrogen) atoms. The maximum atomic E-state index is 5.96. The summed E-state index contributed by atoms with van der Waals surface area (Å²) >= 11 is 5.96. The minimum Gasteiger partial charge on any atom is -0.369 e. The standard InChI is InChI=1S/C14H13ClN4/c15-11-3-1-2-10(8-11)4-6-16-13-12-5-7-17-14(12)19-9-18-13/h1-3,5,7-9H,4,6H2,(H2,16,17,18,19). The van der Waals surface area contributed by atoms with Crippen molar-refractivity contribution in [3.63, 3.8) is 0 Å². The van der Waals surface area contributed by atoms with Gasteiger partial charge in [0.2, 0.25) is 0 Å². The Balaban J connectivity index is 1.68. The van der Waals surface area contributed by atoms with Crippen LogP contribution in [0, 0.1) is 0 Å². The normalized spacial score (nSPS) is 10.8. The number of hydrogen-bond acceptors (Lipinski definition) is 3. The fourth-order valence-electron chi connectivity index (χ4n) is 2.03. The average molecular weight is 273 g/mol. The van der Waals surface area contributed by atoms with Crippen molar-refractivity contribution in [2.24, 2.45) is 0 Å². The van der Waals surface area contributed by atoms with Crippen molar-refractivity contribution in [2.45, 2.75) is 6.42 Å². The molecular weight excluding hydrogens is 260 g/mol. The highest BCUT2D eigenvalue weighted by atomic mass is 35.5. The quantitative estimate of drug-likeness (QED) is 0.766. The highest BCUT2D eigenvalue weighted by molar-refractivity contribution is 6.30. The fraction of sp³-hybridized carbons (Fsp3) is 0.143. The van der Waals surface area contributed by atoms with Gasteiger partial charge in [-0.2, -0.15) is 0 Å². The van der Waals surface area contributed by atoms with Gasteiger partial charge in [0.15, 0.2) is 0 Å². The summed E-state index contributed by atoms with van der Waals surface area (Å²) in [6, 6.07) is 9.87.